The molecule has 1 aromatic heterocycles. The molecule has 0 amide bonds. The van der Waals surface area contributed by atoms with E-state index >= 15 is 0 Å². The van der Waals surface area contributed by atoms with Crippen molar-refractivity contribution in [3.8, 4) is 0 Å². The van der Waals surface area contributed by atoms with Gasteiger partial charge in [-0.25, -0.2) is 4.98 Å². The van der Waals surface area contributed by atoms with Crippen molar-refractivity contribution >= 4 is 63.2 Å². The summed E-state index contributed by atoms with van der Waals surface area (Å²) in [5.41, 5.74) is 0.722. The summed E-state index contributed by atoms with van der Waals surface area (Å²) in [5.74, 6) is 0. The summed E-state index contributed by atoms with van der Waals surface area (Å²) >= 11 is 10.6. The number of hydrogen-bond donors (Lipinski definition) is 0. The maximum absolute atomic E-state index is 6.38. The Morgan fingerprint density at radius 3 is 2.32 bits per heavy atom. The van der Waals surface area contributed by atoms with Gasteiger partial charge in [-0.05, 0) is 79.2 Å². The van der Waals surface area contributed by atoms with E-state index < -0.39 is 0 Å². The molecule has 0 aliphatic carbocycles. The Labute approximate surface area is 180 Å². The Bertz CT molecular complexity index is 603. The first-order valence-corrected chi connectivity index (χ1v) is 11.6. The summed E-state index contributed by atoms with van der Waals surface area (Å²) in [7, 11) is 0.438. The van der Waals surface area contributed by atoms with Crippen LogP contribution in [-0.2, 0) is 4.43 Å². The predicted molar refractivity (Wildman–Crippen MR) is 120 cm³/mol. The van der Waals surface area contributed by atoms with Gasteiger partial charge in [0.05, 0.1) is 21.8 Å². The van der Waals surface area contributed by atoms with Crippen LogP contribution in [0.2, 0.25) is 5.04 Å². The third kappa shape index (κ3) is 6.76. The fourth-order valence-corrected chi connectivity index (χ4v) is 4.67. The standard InChI is InChI=1S/C18H27Br3N2OSi/c1-8-10-23(13-11-12(19)15(20)22-16(13)21)14(9-2)18(6,7)24-25-17(3,4)5/h8,11,14H,1,9-10H2,2-7H3/t14-/m0/s1. The lowest BCUT2D eigenvalue weighted by atomic mass is 9.94. The minimum atomic E-state index is -0.303. The number of pyridine rings is 1. The molecule has 0 aromatic carbocycles. The smallest absolute Gasteiger partial charge is 0.236 e. The van der Waals surface area contributed by atoms with Gasteiger partial charge in [-0.2, -0.15) is 0 Å². The van der Waals surface area contributed by atoms with E-state index in [1.165, 1.54) is 0 Å². The molecule has 0 spiro atoms. The number of halogens is 3. The van der Waals surface area contributed by atoms with Crippen LogP contribution in [0.3, 0.4) is 0 Å². The highest BCUT2D eigenvalue weighted by Gasteiger charge is 2.36. The normalized spacial score (nSPS) is 13.6. The molecule has 1 rings (SSSR count). The Kier molecular flexibility index (Phi) is 8.86. The molecule has 3 nitrogen and oxygen atoms in total. The van der Waals surface area contributed by atoms with Crippen molar-refractivity contribution in [2.45, 2.75) is 64.6 Å². The van der Waals surface area contributed by atoms with Crippen molar-refractivity contribution < 1.29 is 4.43 Å². The summed E-state index contributed by atoms with van der Waals surface area (Å²) in [6.45, 7) is 17.8. The van der Waals surface area contributed by atoms with E-state index in [0.29, 0.717) is 9.76 Å². The van der Waals surface area contributed by atoms with Gasteiger partial charge < -0.3 is 9.33 Å². The molecule has 1 aromatic rings. The van der Waals surface area contributed by atoms with Crippen molar-refractivity contribution in [3.63, 3.8) is 0 Å². The maximum atomic E-state index is 6.38. The van der Waals surface area contributed by atoms with Crippen LogP contribution >= 0.6 is 47.8 Å². The van der Waals surface area contributed by atoms with Gasteiger partial charge >= 0.3 is 0 Å². The van der Waals surface area contributed by atoms with Crippen LogP contribution in [0.25, 0.3) is 0 Å². The van der Waals surface area contributed by atoms with E-state index in [4.69, 9.17) is 4.43 Å². The largest absolute Gasteiger partial charge is 0.410 e. The molecule has 0 bridgehead atoms. The molecule has 7 heteroatoms. The fraction of sp³-hybridized carbons (Fsp3) is 0.611. The summed E-state index contributed by atoms with van der Waals surface area (Å²) in [4.78, 5) is 6.85. The molecule has 0 N–H and O–H groups in total. The van der Waals surface area contributed by atoms with Gasteiger partial charge in [0.1, 0.15) is 9.21 Å². The summed E-state index contributed by atoms with van der Waals surface area (Å²) in [6, 6.07) is 2.27. The molecule has 0 fully saturated rings. The number of nitrogens with zero attached hydrogens (tertiary/aromatic N) is 2. The first kappa shape index (κ1) is 23.3. The van der Waals surface area contributed by atoms with Gasteiger partial charge in [-0.3, -0.25) is 0 Å². The van der Waals surface area contributed by atoms with E-state index in [9.17, 15) is 0 Å². The van der Waals surface area contributed by atoms with Gasteiger partial charge in [0.2, 0.25) is 9.76 Å². The van der Waals surface area contributed by atoms with Crippen molar-refractivity contribution in [1.29, 1.82) is 0 Å². The lowest BCUT2D eigenvalue weighted by Gasteiger charge is -2.43. The molecule has 0 saturated heterocycles. The predicted octanol–water partition coefficient (Wildman–Crippen LogP) is 6.77. The highest BCUT2D eigenvalue weighted by atomic mass is 79.9. The van der Waals surface area contributed by atoms with Gasteiger partial charge in [0.25, 0.3) is 0 Å². The lowest BCUT2D eigenvalue weighted by molar-refractivity contribution is 0.0751. The summed E-state index contributed by atoms with van der Waals surface area (Å²) in [6.07, 6.45) is 2.88. The highest BCUT2D eigenvalue weighted by Crippen LogP contribution is 2.37. The average Bonchev–Trinajstić information content (AvgIpc) is 2.48. The number of hydrogen-bond acceptors (Lipinski definition) is 3. The zero-order chi connectivity index (χ0) is 19.4. The SMILES string of the molecule is C=CCN(c1cc(Br)c(Br)nc1Br)[C@@H](CC)C(C)(C)O[Si]C(C)(C)C. The second-order valence-electron chi connectivity index (χ2n) is 7.49. The molecular formula is C18H27Br3N2OSi. The van der Waals surface area contributed by atoms with E-state index in [-0.39, 0.29) is 16.7 Å². The highest BCUT2D eigenvalue weighted by molar-refractivity contribution is 9.13. The molecule has 0 unspecified atom stereocenters. The minimum Gasteiger partial charge on any atom is -0.410 e. The molecular weight excluding hydrogens is 528 g/mol. The molecule has 1 heterocycles. The maximum Gasteiger partial charge on any atom is 0.236 e. The Balaban J connectivity index is 3.25. The van der Waals surface area contributed by atoms with Gasteiger partial charge in [-0.1, -0.05) is 33.8 Å². The number of rotatable bonds is 8. The van der Waals surface area contributed by atoms with E-state index in [2.05, 4.69) is 112 Å². The Hall–Kier alpha value is 0.307. The second kappa shape index (κ2) is 9.49. The lowest BCUT2D eigenvalue weighted by Crippen LogP contribution is -2.52. The van der Waals surface area contributed by atoms with Crippen LogP contribution in [0.1, 0.15) is 48.0 Å². The van der Waals surface area contributed by atoms with Gasteiger partial charge in [-0.15, -0.1) is 6.58 Å². The third-order valence-electron chi connectivity index (χ3n) is 3.69. The molecule has 1 atom stereocenters. The van der Waals surface area contributed by atoms with Crippen molar-refractivity contribution in [3.05, 3.63) is 32.4 Å². The molecule has 25 heavy (non-hydrogen) atoms. The summed E-state index contributed by atoms with van der Waals surface area (Å²) < 4.78 is 8.89. The first-order chi connectivity index (χ1) is 11.4. The third-order valence-corrected chi connectivity index (χ3v) is 7.25. The minimum absolute atomic E-state index is 0.154. The molecule has 0 saturated carbocycles. The fourth-order valence-electron chi connectivity index (χ4n) is 2.61. The van der Waals surface area contributed by atoms with Gasteiger partial charge in [0.15, 0.2) is 0 Å². The van der Waals surface area contributed by atoms with Crippen molar-refractivity contribution in [2.75, 3.05) is 11.4 Å². The molecule has 2 radical (unpaired) electrons. The van der Waals surface area contributed by atoms with Crippen LogP contribution in [-0.4, -0.2) is 32.9 Å². The van der Waals surface area contributed by atoms with E-state index in [0.717, 1.165) is 32.3 Å². The van der Waals surface area contributed by atoms with Gasteiger partial charge in [0, 0.05) is 6.54 Å². The molecule has 140 valence electrons. The molecule has 0 aliphatic heterocycles. The number of anilines is 1. The second-order valence-corrected chi connectivity index (χ2v) is 11.8. The van der Waals surface area contributed by atoms with E-state index in [1.807, 2.05) is 6.08 Å². The Morgan fingerprint density at radius 2 is 1.84 bits per heavy atom. The van der Waals surface area contributed by atoms with Crippen molar-refractivity contribution in [1.82, 2.24) is 4.98 Å². The van der Waals surface area contributed by atoms with E-state index in [1.54, 1.807) is 0 Å². The monoisotopic (exact) mass is 552 g/mol. The summed E-state index contributed by atoms with van der Waals surface area (Å²) in [5, 5.41) is 0.154. The van der Waals surface area contributed by atoms with Crippen LogP contribution in [0.5, 0.6) is 0 Å². The van der Waals surface area contributed by atoms with Crippen molar-refractivity contribution in [2.24, 2.45) is 0 Å². The van der Waals surface area contributed by atoms with Crippen LogP contribution < -0.4 is 4.90 Å². The topological polar surface area (TPSA) is 25.4 Å². The first-order valence-electron chi connectivity index (χ1n) is 8.27. The zero-order valence-electron chi connectivity index (χ0n) is 15.8. The Morgan fingerprint density at radius 1 is 1.24 bits per heavy atom. The van der Waals surface area contributed by atoms with Crippen LogP contribution in [0.15, 0.2) is 32.4 Å². The quantitative estimate of drug-likeness (QED) is 0.201. The van der Waals surface area contributed by atoms with Crippen LogP contribution in [0, 0.1) is 0 Å². The zero-order valence-corrected chi connectivity index (χ0v) is 21.5. The average molecular weight is 555 g/mol. The molecule has 0 aliphatic rings. The number of aromatic nitrogens is 1. The van der Waals surface area contributed by atoms with Crippen LogP contribution in [0.4, 0.5) is 5.69 Å².